The van der Waals surface area contributed by atoms with Crippen LogP contribution in [0, 0.1) is 5.92 Å². The largest absolute Gasteiger partial charge is 0.480 e. The molecule has 2 rings (SSSR count). The predicted molar refractivity (Wildman–Crippen MR) is 67.8 cm³/mol. The van der Waals surface area contributed by atoms with Crippen LogP contribution in [0.1, 0.15) is 0 Å². The maximum Gasteiger partial charge on any atom is 0.317 e. The van der Waals surface area contributed by atoms with E-state index in [0.29, 0.717) is 39.4 Å². The van der Waals surface area contributed by atoms with E-state index < -0.39 is 5.97 Å². The summed E-state index contributed by atoms with van der Waals surface area (Å²) in [6.45, 7) is 3.53. The third kappa shape index (κ3) is 3.43. The highest BCUT2D eigenvalue weighted by Crippen LogP contribution is 2.17. The molecule has 108 valence electrons. The summed E-state index contributed by atoms with van der Waals surface area (Å²) in [4.78, 5) is 26.7. The first kappa shape index (κ1) is 14.2. The Labute approximate surface area is 112 Å². The molecule has 2 saturated heterocycles. The molecule has 0 aliphatic carbocycles. The number of carboxylic acids is 1. The summed E-state index contributed by atoms with van der Waals surface area (Å²) in [5.74, 6) is -0.818. The third-order valence-electron chi connectivity index (χ3n) is 3.81. The zero-order valence-electron chi connectivity index (χ0n) is 11.2. The monoisotopic (exact) mass is 271 g/mol. The number of aliphatic carboxylic acids is 1. The Hall–Kier alpha value is -1.18. The minimum absolute atomic E-state index is 0.0493. The molecule has 2 aliphatic rings. The van der Waals surface area contributed by atoms with Crippen molar-refractivity contribution in [1.29, 1.82) is 0 Å². The highest BCUT2D eigenvalue weighted by atomic mass is 16.5. The molecule has 19 heavy (non-hydrogen) atoms. The highest BCUT2D eigenvalue weighted by Gasteiger charge is 2.36. The second kappa shape index (κ2) is 6.31. The van der Waals surface area contributed by atoms with Gasteiger partial charge in [0.2, 0.25) is 5.91 Å². The van der Waals surface area contributed by atoms with Crippen molar-refractivity contribution in [2.45, 2.75) is 6.04 Å². The van der Waals surface area contributed by atoms with Crippen LogP contribution in [0.15, 0.2) is 0 Å². The molecule has 1 amide bonds. The van der Waals surface area contributed by atoms with Crippen LogP contribution in [0.2, 0.25) is 0 Å². The fourth-order valence-corrected chi connectivity index (χ4v) is 2.63. The quantitative estimate of drug-likeness (QED) is 0.644. The van der Waals surface area contributed by atoms with Crippen molar-refractivity contribution in [3.63, 3.8) is 0 Å². The van der Waals surface area contributed by atoms with Crippen LogP contribution in [0.5, 0.6) is 0 Å². The first-order valence-corrected chi connectivity index (χ1v) is 6.59. The number of rotatable bonds is 4. The van der Waals surface area contributed by atoms with Crippen molar-refractivity contribution < 1.29 is 19.4 Å². The van der Waals surface area contributed by atoms with Gasteiger partial charge in [0, 0.05) is 32.2 Å². The smallest absolute Gasteiger partial charge is 0.317 e. The number of ether oxygens (including phenoxy) is 1. The van der Waals surface area contributed by atoms with Crippen LogP contribution >= 0.6 is 0 Å². The van der Waals surface area contributed by atoms with E-state index in [1.54, 1.807) is 0 Å². The van der Waals surface area contributed by atoms with Gasteiger partial charge in [-0.3, -0.25) is 14.5 Å². The molecule has 0 radical (unpaired) electrons. The summed E-state index contributed by atoms with van der Waals surface area (Å²) in [7, 11) is 1.84. The van der Waals surface area contributed by atoms with Crippen LogP contribution in [-0.4, -0.2) is 85.8 Å². The molecule has 7 heteroatoms. The first-order chi connectivity index (χ1) is 9.11. The molecule has 0 aromatic carbocycles. The SMILES string of the molecule is CNC1COCC1C(=O)N1CCN(CC(=O)O)CC1. The van der Waals surface area contributed by atoms with Gasteiger partial charge in [0.05, 0.1) is 25.7 Å². The summed E-state index contributed by atoms with van der Waals surface area (Å²) >= 11 is 0. The lowest BCUT2D eigenvalue weighted by atomic mass is 10.0. The van der Waals surface area contributed by atoms with Gasteiger partial charge in [-0.2, -0.15) is 0 Å². The molecule has 0 aromatic heterocycles. The standard InChI is InChI=1S/C12H21N3O4/c1-13-10-8-19-7-9(10)12(18)15-4-2-14(3-5-15)6-11(16)17/h9-10,13H,2-8H2,1H3,(H,16,17). The van der Waals surface area contributed by atoms with Crippen molar-refractivity contribution in [3.05, 3.63) is 0 Å². The second-order valence-electron chi connectivity index (χ2n) is 5.03. The van der Waals surface area contributed by atoms with E-state index in [0.717, 1.165) is 0 Å². The fourth-order valence-electron chi connectivity index (χ4n) is 2.63. The molecule has 7 nitrogen and oxygen atoms in total. The number of piperazine rings is 1. The first-order valence-electron chi connectivity index (χ1n) is 6.59. The van der Waals surface area contributed by atoms with Gasteiger partial charge in [-0.15, -0.1) is 0 Å². The highest BCUT2D eigenvalue weighted by molar-refractivity contribution is 5.80. The molecule has 2 heterocycles. The van der Waals surface area contributed by atoms with Gasteiger partial charge in [0.1, 0.15) is 0 Å². The van der Waals surface area contributed by atoms with Gasteiger partial charge in [-0.05, 0) is 7.05 Å². The molecule has 0 bridgehead atoms. The Morgan fingerprint density at radius 1 is 1.26 bits per heavy atom. The Kier molecular flexibility index (Phi) is 4.73. The second-order valence-corrected chi connectivity index (χ2v) is 5.03. The lowest BCUT2D eigenvalue weighted by Gasteiger charge is -2.35. The summed E-state index contributed by atoms with van der Waals surface area (Å²) in [5, 5.41) is 11.8. The topological polar surface area (TPSA) is 82.1 Å². The van der Waals surface area contributed by atoms with Gasteiger partial charge in [-0.25, -0.2) is 0 Å². The number of hydrogen-bond donors (Lipinski definition) is 2. The molecule has 0 aromatic rings. The Morgan fingerprint density at radius 3 is 2.53 bits per heavy atom. The van der Waals surface area contributed by atoms with Crippen molar-refractivity contribution in [2.75, 3.05) is 53.0 Å². The van der Waals surface area contributed by atoms with Gasteiger partial charge < -0.3 is 20.1 Å². The van der Waals surface area contributed by atoms with E-state index in [9.17, 15) is 9.59 Å². The molecular formula is C12H21N3O4. The number of carbonyl (C=O) groups is 2. The average molecular weight is 271 g/mol. The molecular weight excluding hydrogens is 250 g/mol. The Bertz CT molecular complexity index is 342. The molecule has 0 saturated carbocycles. The molecule has 0 spiro atoms. The molecule has 2 N–H and O–H groups in total. The van der Waals surface area contributed by atoms with E-state index in [1.165, 1.54) is 0 Å². The zero-order chi connectivity index (χ0) is 13.8. The maximum atomic E-state index is 12.4. The van der Waals surface area contributed by atoms with Crippen LogP contribution in [0.4, 0.5) is 0 Å². The number of amides is 1. The van der Waals surface area contributed by atoms with Gasteiger partial charge in [0.25, 0.3) is 0 Å². The summed E-state index contributed by atoms with van der Waals surface area (Å²) in [5.41, 5.74) is 0. The fraction of sp³-hybridized carbons (Fsp3) is 0.833. The van der Waals surface area contributed by atoms with Gasteiger partial charge in [0.15, 0.2) is 0 Å². The lowest BCUT2D eigenvalue weighted by Crippen LogP contribution is -2.53. The summed E-state index contributed by atoms with van der Waals surface area (Å²) in [6, 6.07) is 0.0875. The van der Waals surface area contributed by atoms with Crippen LogP contribution < -0.4 is 5.32 Å². The van der Waals surface area contributed by atoms with Crippen molar-refractivity contribution in [2.24, 2.45) is 5.92 Å². The maximum absolute atomic E-state index is 12.4. The number of nitrogens with zero attached hydrogens (tertiary/aromatic N) is 2. The van der Waals surface area contributed by atoms with E-state index in [1.807, 2.05) is 16.8 Å². The van der Waals surface area contributed by atoms with Crippen LogP contribution in [0.3, 0.4) is 0 Å². The van der Waals surface area contributed by atoms with Crippen molar-refractivity contribution in [1.82, 2.24) is 15.1 Å². The van der Waals surface area contributed by atoms with E-state index >= 15 is 0 Å². The van der Waals surface area contributed by atoms with Crippen LogP contribution in [-0.2, 0) is 14.3 Å². The third-order valence-corrected chi connectivity index (χ3v) is 3.81. The minimum Gasteiger partial charge on any atom is -0.480 e. The average Bonchev–Trinajstić information content (AvgIpc) is 2.86. The summed E-state index contributed by atoms with van der Waals surface area (Å²) in [6.07, 6.45) is 0. The summed E-state index contributed by atoms with van der Waals surface area (Å²) < 4.78 is 5.35. The zero-order valence-corrected chi connectivity index (χ0v) is 11.2. The lowest BCUT2D eigenvalue weighted by molar-refractivity contribution is -0.140. The van der Waals surface area contributed by atoms with Gasteiger partial charge in [-0.1, -0.05) is 0 Å². The van der Waals surface area contributed by atoms with Gasteiger partial charge >= 0.3 is 5.97 Å². The van der Waals surface area contributed by atoms with Crippen molar-refractivity contribution in [3.8, 4) is 0 Å². The molecule has 2 atom stereocenters. The van der Waals surface area contributed by atoms with Crippen LogP contribution in [0.25, 0.3) is 0 Å². The van der Waals surface area contributed by atoms with E-state index in [2.05, 4.69) is 5.32 Å². The molecule has 2 fully saturated rings. The Morgan fingerprint density at radius 2 is 1.95 bits per heavy atom. The number of likely N-dealkylation sites (N-methyl/N-ethyl adjacent to an activating group) is 1. The molecule has 2 aliphatic heterocycles. The molecule has 2 unspecified atom stereocenters. The Balaban J connectivity index is 1.83. The predicted octanol–water partition coefficient (Wildman–Crippen LogP) is -1.55. The number of carbonyl (C=O) groups excluding carboxylic acids is 1. The number of nitrogens with one attached hydrogen (secondary N) is 1. The van der Waals surface area contributed by atoms with E-state index in [4.69, 9.17) is 9.84 Å². The number of hydrogen-bond acceptors (Lipinski definition) is 5. The van der Waals surface area contributed by atoms with E-state index in [-0.39, 0.29) is 24.4 Å². The van der Waals surface area contributed by atoms with Crippen molar-refractivity contribution >= 4 is 11.9 Å². The number of carboxylic acid groups (broad SMARTS) is 1. The minimum atomic E-state index is -0.820. The normalized spacial score (nSPS) is 28.6.